The lowest BCUT2D eigenvalue weighted by molar-refractivity contribution is -0.142. The molecule has 2 saturated heterocycles. The first-order chi connectivity index (χ1) is 14.6. The van der Waals surface area contributed by atoms with Gasteiger partial charge in [-0.05, 0) is 49.9 Å². The van der Waals surface area contributed by atoms with E-state index in [-0.39, 0.29) is 24.3 Å². The van der Waals surface area contributed by atoms with Crippen molar-refractivity contribution < 1.29 is 14.3 Å². The minimum absolute atomic E-state index is 0.00587. The molecular formula is C21H26N6O3. The van der Waals surface area contributed by atoms with Crippen LogP contribution in [0.5, 0.6) is 5.75 Å². The number of benzene rings is 1. The minimum Gasteiger partial charge on any atom is -0.497 e. The zero-order chi connectivity index (χ0) is 21.3. The second kappa shape index (κ2) is 10.4. The van der Waals surface area contributed by atoms with E-state index in [1.807, 2.05) is 11.1 Å². The summed E-state index contributed by atoms with van der Waals surface area (Å²) in [4.78, 5) is 37.2. The molecule has 9 nitrogen and oxygen atoms in total. The first-order valence-electron chi connectivity index (χ1n) is 10.1. The van der Waals surface area contributed by atoms with E-state index < -0.39 is 5.92 Å². The fourth-order valence-corrected chi connectivity index (χ4v) is 3.57. The van der Waals surface area contributed by atoms with Gasteiger partial charge in [0.25, 0.3) is 0 Å². The molecule has 0 spiro atoms. The van der Waals surface area contributed by atoms with E-state index in [9.17, 15) is 9.59 Å². The fourth-order valence-electron chi connectivity index (χ4n) is 3.57. The summed E-state index contributed by atoms with van der Waals surface area (Å²) in [5.41, 5.74) is 0.596. The van der Waals surface area contributed by atoms with Crippen LogP contribution in [-0.2, 0) is 9.59 Å². The molecule has 30 heavy (non-hydrogen) atoms. The van der Waals surface area contributed by atoms with E-state index in [4.69, 9.17) is 10.00 Å². The zero-order valence-corrected chi connectivity index (χ0v) is 17.1. The average Bonchev–Trinajstić information content (AvgIpc) is 3.30. The van der Waals surface area contributed by atoms with Gasteiger partial charge in [0.05, 0.1) is 25.3 Å². The van der Waals surface area contributed by atoms with Crippen molar-refractivity contribution in [3.63, 3.8) is 0 Å². The summed E-state index contributed by atoms with van der Waals surface area (Å²) in [6.07, 6.45) is 6.83. The van der Waals surface area contributed by atoms with Crippen LogP contribution in [0.25, 0.3) is 0 Å². The van der Waals surface area contributed by atoms with Gasteiger partial charge in [-0.15, -0.1) is 0 Å². The maximum Gasteiger partial charge on any atom is 0.242 e. The Morgan fingerprint density at radius 1 is 1.27 bits per heavy atom. The minimum atomic E-state index is -0.438. The van der Waals surface area contributed by atoms with Crippen molar-refractivity contribution in [2.75, 3.05) is 33.3 Å². The molecule has 2 heterocycles. The van der Waals surface area contributed by atoms with Crippen molar-refractivity contribution in [3.8, 4) is 11.9 Å². The van der Waals surface area contributed by atoms with Crippen molar-refractivity contribution in [1.82, 2.24) is 15.1 Å². The number of guanidine groups is 1. The van der Waals surface area contributed by atoms with Gasteiger partial charge in [0.2, 0.25) is 17.8 Å². The molecule has 1 N–H and O–H groups in total. The number of rotatable bonds is 5. The number of methoxy groups -OCH3 is 1. The Morgan fingerprint density at radius 3 is 2.67 bits per heavy atom. The van der Waals surface area contributed by atoms with Crippen LogP contribution in [0.4, 0.5) is 5.69 Å². The Bertz CT molecular complexity index is 852. The molecule has 1 aromatic rings. The van der Waals surface area contributed by atoms with E-state index >= 15 is 0 Å². The van der Waals surface area contributed by atoms with Gasteiger partial charge >= 0.3 is 0 Å². The normalized spacial score (nSPS) is 19.8. The molecule has 1 atom stereocenters. The van der Waals surface area contributed by atoms with Crippen LogP contribution in [0.2, 0.25) is 0 Å². The number of nitrogens with one attached hydrogen (secondary N) is 1. The molecule has 2 fully saturated rings. The molecule has 3 rings (SSSR count). The lowest BCUT2D eigenvalue weighted by atomic mass is 9.98. The molecule has 2 amide bonds. The number of amides is 2. The first kappa shape index (κ1) is 21.3. The van der Waals surface area contributed by atoms with Crippen LogP contribution < -0.4 is 10.1 Å². The molecule has 1 unspecified atom stereocenters. The van der Waals surface area contributed by atoms with E-state index in [2.05, 4.69) is 15.3 Å². The second-order valence-corrected chi connectivity index (χ2v) is 7.24. The average molecular weight is 410 g/mol. The molecule has 1 aromatic carbocycles. The number of carbonyl (C=O) groups is 2. The summed E-state index contributed by atoms with van der Waals surface area (Å²) in [5, 5.41) is 11.4. The van der Waals surface area contributed by atoms with E-state index in [1.54, 1.807) is 36.3 Å². The second-order valence-electron chi connectivity index (χ2n) is 7.24. The number of ether oxygens (including phenoxy) is 1. The van der Waals surface area contributed by atoms with Crippen molar-refractivity contribution in [2.45, 2.75) is 25.7 Å². The van der Waals surface area contributed by atoms with Crippen LogP contribution in [-0.4, -0.2) is 67.1 Å². The number of aliphatic imine (C=N–C) groups is 2. The SMILES string of the molecule is COc1ccc(N=C(/N=C\C2CCCN(CC(=O)N3CCCC3)C2=O)NC#N)cc1. The van der Waals surface area contributed by atoms with Gasteiger partial charge < -0.3 is 14.5 Å². The van der Waals surface area contributed by atoms with Gasteiger partial charge in [-0.3, -0.25) is 14.9 Å². The third kappa shape index (κ3) is 5.56. The number of nitrogens with zero attached hydrogens (tertiary/aromatic N) is 5. The van der Waals surface area contributed by atoms with Crippen molar-refractivity contribution in [2.24, 2.45) is 15.9 Å². The highest BCUT2D eigenvalue weighted by Gasteiger charge is 2.30. The third-order valence-electron chi connectivity index (χ3n) is 5.21. The standard InChI is InChI=1S/C21H26N6O3/c1-30-18-8-6-17(7-9-18)25-21(24-15-22)23-13-16-5-4-12-27(20(16)29)14-19(28)26-10-2-3-11-26/h6-9,13,16H,2-5,10-12,14H2,1H3,(H,24,25)/b23-13-. The molecule has 2 aliphatic heterocycles. The van der Waals surface area contributed by atoms with E-state index in [0.717, 1.165) is 32.4 Å². The molecule has 0 aliphatic carbocycles. The third-order valence-corrected chi connectivity index (χ3v) is 5.21. The monoisotopic (exact) mass is 410 g/mol. The number of hydrogen-bond donors (Lipinski definition) is 1. The molecule has 0 bridgehead atoms. The summed E-state index contributed by atoms with van der Waals surface area (Å²) in [5.74, 6) is 0.251. The predicted octanol–water partition coefficient (Wildman–Crippen LogP) is 1.69. The smallest absolute Gasteiger partial charge is 0.242 e. The highest BCUT2D eigenvalue weighted by atomic mass is 16.5. The number of likely N-dealkylation sites (tertiary alicyclic amines) is 2. The Balaban J connectivity index is 1.65. The van der Waals surface area contributed by atoms with Gasteiger partial charge in [-0.2, -0.15) is 5.26 Å². The van der Waals surface area contributed by atoms with E-state index in [1.165, 1.54) is 6.21 Å². The number of nitriles is 1. The largest absolute Gasteiger partial charge is 0.497 e. The zero-order valence-electron chi connectivity index (χ0n) is 17.1. The molecule has 2 aliphatic rings. The Labute approximate surface area is 176 Å². The summed E-state index contributed by atoms with van der Waals surface area (Å²) in [7, 11) is 1.58. The van der Waals surface area contributed by atoms with Crippen molar-refractivity contribution in [1.29, 1.82) is 5.26 Å². The van der Waals surface area contributed by atoms with E-state index in [0.29, 0.717) is 24.4 Å². The maximum absolute atomic E-state index is 12.8. The van der Waals surface area contributed by atoms with Crippen LogP contribution in [0, 0.1) is 17.4 Å². The lowest BCUT2D eigenvalue weighted by Crippen LogP contribution is -2.47. The summed E-state index contributed by atoms with van der Waals surface area (Å²) >= 11 is 0. The van der Waals surface area contributed by atoms with Crippen LogP contribution in [0.3, 0.4) is 0 Å². The van der Waals surface area contributed by atoms with Gasteiger partial charge in [-0.25, -0.2) is 9.98 Å². The number of piperidine rings is 1. The summed E-state index contributed by atoms with van der Waals surface area (Å²) in [6.45, 7) is 2.24. The maximum atomic E-state index is 12.8. The van der Waals surface area contributed by atoms with Gasteiger partial charge in [0.1, 0.15) is 5.75 Å². The fraction of sp³-hybridized carbons (Fsp3) is 0.476. The number of hydrogen-bond acceptors (Lipinski definition) is 5. The molecule has 0 aromatic heterocycles. The Hall–Kier alpha value is -3.41. The Kier molecular flexibility index (Phi) is 7.38. The summed E-state index contributed by atoms with van der Waals surface area (Å²) < 4.78 is 5.12. The molecule has 0 saturated carbocycles. The van der Waals surface area contributed by atoms with Crippen molar-refractivity contribution in [3.05, 3.63) is 24.3 Å². The van der Waals surface area contributed by atoms with Gasteiger partial charge in [0, 0.05) is 25.8 Å². The van der Waals surface area contributed by atoms with Crippen LogP contribution >= 0.6 is 0 Å². The molecule has 0 radical (unpaired) electrons. The summed E-state index contributed by atoms with van der Waals surface area (Å²) in [6, 6.07) is 6.99. The Morgan fingerprint density at radius 2 is 2.00 bits per heavy atom. The van der Waals surface area contributed by atoms with Gasteiger partial charge in [-0.1, -0.05) is 0 Å². The van der Waals surface area contributed by atoms with Gasteiger partial charge in [0.15, 0.2) is 6.19 Å². The highest BCUT2D eigenvalue weighted by Crippen LogP contribution is 2.19. The molecule has 9 heteroatoms. The quantitative estimate of drug-likeness (QED) is 0.344. The van der Waals surface area contributed by atoms with Crippen LogP contribution in [0.1, 0.15) is 25.7 Å². The predicted molar refractivity (Wildman–Crippen MR) is 112 cm³/mol. The van der Waals surface area contributed by atoms with Crippen LogP contribution in [0.15, 0.2) is 34.3 Å². The topological polar surface area (TPSA) is 110 Å². The van der Waals surface area contributed by atoms with Crippen molar-refractivity contribution >= 4 is 29.7 Å². The first-order valence-corrected chi connectivity index (χ1v) is 10.1. The number of carbonyl (C=O) groups excluding carboxylic acids is 2. The lowest BCUT2D eigenvalue weighted by Gasteiger charge is -2.31. The molecule has 158 valence electrons. The molecular weight excluding hydrogens is 384 g/mol. The highest BCUT2D eigenvalue weighted by molar-refractivity contribution is 6.00.